The van der Waals surface area contributed by atoms with Gasteiger partial charge >= 0.3 is 6.09 Å². The minimum Gasteiger partial charge on any atom is -0.491 e. The lowest BCUT2D eigenvalue weighted by Crippen LogP contribution is -2.56. The third kappa shape index (κ3) is 10.9. The number of ether oxygens (including phenoxy) is 4. The molecule has 2 heterocycles. The summed E-state index contributed by atoms with van der Waals surface area (Å²) in [7, 11) is 3.45. The number of hydrogen-bond donors (Lipinski definition) is 2. The summed E-state index contributed by atoms with van der Waals surface area (Å²) < 4.78 is 22.8. The highest BCUT2D eigenvalue weighted by Crippen LogP contribution is 2.40. The van der Waals surface area contributed by atoms with Crippen LogP contribution in [0.5, 0.6) is 5.75 Å². The maximum absolute atomic E-state index is 14.5. The predicted octanol–water partition coefficient (Wildman–Crippen LogP) is 6.58. The van der Waals surface area contributed by atoms with Gasteiger partial charge in [-0.1, -0.05) is 43.5 Å². The normalized spacial score (nSPS) is 17.7. The van der Waals surface area contributed by atoms with Crippen LogP contribution in [0.3, 0.4) is 0 Å². The number of amides is 3. The van der Waals surface area contributed by atoms with Crippen LogP contribution in [0.1, 0.15) is 83.7 Å². The van der Waals surface area contributed by atoms with E-state index < -0.39 is 23.8 Å². The molecule has 0 radical (unpaired) electrons. The van der Waals surface area contributed by atoms with E-state index in [1.807, 2.05) is 30.1 Å². The van der Waals surface area contributed by atoms with Crippen LogP contribution in [0.25, 0.3) is 22.0 Å². The predicted molar refractivity (Wildman–Crippen MR) is 212 cm³/mol. The number of rotatable bonds is 17. The van der Waals surface area contributed by atoms with Gasteiger partial charge in [0.15, 0.2) is 0 Å². The fourth-order valence-corrected chi connectivity index (χ4v) is 8.11. The van der Waals surface area contributed by atoms with Gasteiger partial charge in [0.05, 0.1) is 38.2 Å². The number of hydrogen-bond acceptors (Lipinski definition) is 10. The standard InChI is InChI=1S/C41H59N5O7S/c1-28(45(6)40(49)53-41(2,3)4)37(47)44-36(29-13-8-7-9-14-29)39(48)46-21-12-17-34(46)38-43-33(27-54-38)31-18-19-35(32-16-11-10-15-30(31)32)52-26-25-51-24-23-50-22-20-42-5/h10-11,15-16,18-19,27-29,34,36,42H,7-9,12-14,17,20-26H2,1-6H3,(H,44,47)/t28-,34-,36-/m0/s1. The van der Waals surface area contributed by atoms with Crippen molar-refractivity contribution in [2.45, 2.75) is 96.4 Å². The van der Waals surface area contributed by atoms with Gasteiger partial charge in [-0.2, -0.15) is 0 Å². The van der Waals surface area contributed by atoms with Crippen molar-refractivity contribution in [2.24, 2.45) is 5.92 Å². The van der Waals surface area contributed by atoms with Crippen LogP contribution in [0, 0.1) is 5.92 Å². The molecular weight excluding hydrogens is 707 g/mol. The van der Waals surface area contributed by atoms with E-state index in [2.05, 4.69) is 34.2 Å². The second kappa shape index (κ2) is 19.7. The van der Waals surface area contributed by atoms with Crippen LogP contribution >= 0.6 is 11.3 Å². The Morgan fingerprint density at radius 2 is 1.65 bits per heavy atom. The second-order valence-corrected chi connectivity index (χ2v) is 16.1. The molecule has 1 aromatic heterocycles. The minimum atomic E-state index is -0.812. The Balaban J connectivity index is 1.27. The number of nitrogens with one attached hydrogen (secondary N) is 2. The van der Waals surface area contributed by atoms with Gasteiger partial charge in [-0.05, 0) is 83.9 Å². The van der Waals surface area contributed by atoms with Gasteiger partial charge < -0.3 is 34.5 Å². The van der Waals surface area contributed by atoms with Gasteiger partial charge in [0.1, 0.15) is 35.0 Å². The van der Waals surface area contributed by atoms with Crippen molar-refractivity contribution >= 4 is 40.0 Å². The molecule has 1 saturated heterocycles. The Morgan fingerprint density at radius 1 is 0.944 bits per heavy atom. The van der Waals surface area contributed by atoms with E-state index in [9.17, 15) is 14.4 Å². The number of aromatic nitrogens is 1. The largest absolute Gasteiger partial charge is 0.491 e. The molecule has 1 aliphatic heterocycles. The van der Waals surface area contributed by atoms with E-state index in [0.717, 1.165) is 84.3 Å². The molecule has 0 bridgehead atoms. The molecule has 54 heavy (non-hydrogen) atoms. The van der Waals surface area contributed by atoms with Gasteiger partial charge in [0, 0.05) is 36.5 Å². The molecule has 3 aromatic rings. The summed E-state index contributed by atoms with van der Waals surface area (Å²) in [6, 6.07) is 10.5. The van der Waals surface area contributed by atoms with E-state index in [0.29, 0.717) is 39.6 Å². The SMILES string of the molecule is CNCCOCCOCCOc1ccc(-c2csc([C@@H]3CCCN3C(=O)[C@@H](NC(=O)[C@H](C)N(C)C(=O)OC(C)(C)C)C3CCCCC3)n2)c2ccccc12. The van der Waals surface area contributed by atoms with Gasteiger partial charge in [-0.15, -0.1) is 11.3 Å². The highest BCUT2D eigenvalue weighted by atomic mass is 32.1. The summed E-state index contributed by atoms with van der Waals surface area (Å²) in [5.41, 5.74) is 1.17. The van der Waals surface area contributed by atoms with Crippen molar-refractivity contribution in [1.29, 1.82) is 0 Å². The molecule has 2 N–H and O–H groups in total. The number of likely N-dealkylation sites (tertiary alicyclic amines) is 1. The molecule has 1 aliphatic carbocycles. The summed E-state index contributed by atoms with van der Waals surface area (Å²) in [6.45, 7) is 11.1. The molecule has 2 aliphatic rings. The number of likely N-dealkylation sites (N-methyl/N-ethyl adjacent to an activating group) is 2. The Bertz CT molecular complexity index is 1690. The molecule has 5 rings (SSSR count). The third-order valence-corrected chi connectivity index (χ3v) is 11.1. The summed E-state index contributed by atoms with van der Waals surface area (Å²) >= 11 is 1.57. The quantitative estimate of drug-likeness (QED) is 0.146. The van der Waals surface area contributed by atoms with Crippen molar-refractivity contribution < 1.29 is 33.3 Å². The van der Waals surface area contributed by atoms with Crippen LogP contribution in [0.15, 0.2) is 41.8 Å². The van der Waals surface area contributed by atoms with Crippen LogP contribution in [-0.2, 0) is 23.8 Å². The molecule has 0 spiro atoms. The maximum atomic E-state index is 14.5. The van der Waals surface area contributed by atoms with E-state index >= 15 is 0 Å². The zero-order valence-electron chi connectivity index (χ0n) is 32.9. The Labute approximate surface area is 324 Å². The Morgan fingerprint density at radius 3 is 2.37 bits per heavy atom. The lowest BCUT2D eigenvalue weighted by atomic mass is 9.83. The lowest BCUT2D eigenvalue weighted by Gasteiger charge is -2.36. The van der Waals surface area contributed by atoms with Gasteiger partial charge in [-0.3, -0.25) is 14.5 Å². The Kier molecular flexibility index (Phi) is 15.1. The first-order chi connectivity index (χ1) is 26.0. The zero-order valence-corrected chi connectivity index (χ0v) is 33.7. The molecular formula is C41H59N5O7S. The topological polar surface area (TPSA) is 132 Å². The monoisotopic (exact) mass is 765 g/mol. The lowest BCUT2D eigenvalue weighted by molar-refractivity contribution is -0.140. The summed E-state index contributed by atoms with van der Waals surface area (Å²) in [5, 5.41) is 11.1. The molecule has 2 aromatic carbocycles. The third-order valence-electron chi connectivity index (χ3n) is 10.2. The smallest absolute Gasteiger partial charge is 0.410 e. The molecule has 296 valence electrons. The molecule has 0 unspecified atom stereocenters. The van der Waals surface area contributed by atoms with Crippen molar-refractivity contribution in [3.8, 4) is 17.0 Å². The average Bonchev–Trinajstić information content (AvgIpc) is 3.86. The first kappa shape index (κ1) is 41.4. The van der Waals surface area contributed by atoms with Crippen LogP contribution < -0.4 is 15.4 Å². The van der Waals surface area contributed by atoms with Crippen molar-refractivity contribution in [3.05, 3.63) is 46.8 Å². The number of thiazole rings is 1. The molecule has 13 heteroatoms. The summed E-state index contributed by atoms with van der Waals surface area (Å²) in [6.07, 6.45) is 6.00. The van der Waals surface area contributed by atoms with Crippen molar-refractivity contribution in [2.75, 3.05) is 60.2 Å². The minimum absolute atomic E-state index is 0.0309. The van der Waals surface area contributed by atoms with Crippen molar-refractivity contribution in [1.82, 2.24) is 25.4 Å². The molecule has 1 saturated carbocycles. The van der Waals surface area contributed by atoms with E-state index in [-0.39, 0.29) is 23.8 Å². The Hall–Kier alpha value is -3.78. The first-order valence-electron chi connectivity index (χ1n) is 19.5. The fourth-order valence-electron chi connectivity index (χ4n) is 7.15. The van der Waals surface area contributed by atoms with Crippen LogP contribution in [0.2, 0.25) is 0 Å². The van der Waals surface area contributed by atoms with Crippen molar-refractivity contribution in [3.63, 3.8) is 0 Å². The van der Waals surface area contributed by atoms with E-state index in [4.69, 9.17) is 23.9 Å². The van der Waals surface area contributed by atoms with E-state index in [1.54, 1.807) is 46.1 Å². The fraction of sp³-hybridized carbons (Fsp3) is 0.610. The highest BCUT2D eigenvalue weighted by Gasteiger charge is 2.41. The molecule has 2 fully saturated rings. The van der Waals surface area contributed by atoms with Gasteiger partial charge in [-0.25, -0.2) is 9.78 Å². The highest BCUT2D eigenvalue weighted by molar-refractivity contribution is 7.10. The number of carbonyl (C=O) groups is 3. The second-order valence-electron chi connectivity index (χ2n) is 15.2. The van der Waals surface area contributed by atoms with Crippen LogP contribution in [-0.4, -0.2) is 111 Å². The summed E-state index contributed by atoms with van der Waals surface area (Å²) in [5.74, 6) is 0.382. The number of benzene rings is 2. The molecule has 3 atom stereocenters. The van der Waals surface area contributed by atoms with Crippen LogP contribution in [0.4, 0.5) is 4.79 Å². The van der Waals surface area contributed by atoms with E-state index in [1.165, 1.54) is 4.90 Å². The maximum Gasteiger partial charge on any atom is 0.410 e. The number of carbonyl (C=O) groups excluding carboxylic acids is 3. The number of nitrogens with zero attached hydrogens (tertiary/aromatic N) is 3. The first-order valence-corrected chi connectivity index (χ1v) is 20.3. The van der Waals surface area contributed by atoms with Gasteiger partial charge in [0.2, 0.25) is 11.8 Å². The average molecular weight is 766 g/mol. The summed E-state index contributed by atoms with van der Waals surface area (Å²) in [4.78, 5) is 49.3. The zero-order chi connectivity index (χ0) is 38.7. The van der Waals surface area contributed by atoms with Gasteiger partial charge in [0.25, 0.3) is 0 Å². The molecule has 12 nitrogen and oxygen atoms in total. The number of fused-ring (bicyclic) bond motifs is 1. The molecule has 3 amide bonds.